The zero-order valence-corrected chi connectivity index (χ0v) is 11.9. The maximum absolute atomic E-state index is 14.2. The topological polar surface area (TPSA) is 30.5 Å². The summed E-state index contributed by atoms with van der Waals surface area (Å²) < 4.78 is 24.5. The van der Waals surface area contributed by atoms with Gasteiger partial charge in [-0.15, -0.1) is 0 Å². The Kier molecular flexibility index (Phi) is 4.39. The molecule has 5 heteroatoms. The molecule has 0 bridgehead atoms. The average molecular weight is 281 g/mol. The van der Waals surface area contributed by atoms with Gasteiger partial charge in [0.15, 0.2) is 11.5 Å². The molecule has 2 aromatic rings. The standard InChI is InChI=1S/C14H16FNO2S/c1-16-14(9-4-5-19-8-9)10-6-12(17-2)13(18-3)7-11(10)15/h4-8,14,16H,1-3H3. The predicted molar refractivity (Wildman–Crippen MR) is 74.7 cm³/mol. The van der Waals surface area contributed by atoms with Gasteiger partial charge in [-0.2, -0.15) is 11.3 Å². The van der Waals surface area contributed by atoms with Crippen molar-refractivity contribution in [2.75, 3.05) is 21.3 Å². The van der Waals surface area contributed by atoms with Crippen molar-refractivity contribution in [3.63, 3.8) is 0 Å². The van der Waals surface area contributed by atoms with Gasteiger partial charge in [-0.1, -0.05) is 0 Å². The fourth-order valence-corrected chi connectivity index (χ4v) is 2.72. The van der Waals surface area contributed by atoms with Crippen LogP contribution in [0.4, 0.5) is 4.39 Å². The summed E-state index contributed by atoms with van der Waals surface area (Å²) in [5, 5.41) is 7.09. The van der Waals surface area contributed by atoms with Crippen molar-refractivity contribution in [1.29, 1.82) is 0 Å². The van der Waals surface area contributed by atoms with Gasteiger partial charge in [0, 0.05) is 11.6 Å². The van der Waals surface area contributed by atoms with Gasteiger partial charge < -0.3 is 14.8 Å². The van der Waals surface area contributed by atoms with Crippen LogP contribution < -0.4 is 14.8 Å². The molecule has 1 heterocycles. The van der Waals surface area contributed by atoms with E-state index in [1.165, 1.54) is 13.2 Å². The van der Waals surface area contributed by atoms with Gasteiger partial charge in [-0.05, 0) is 35.5 Å². The van der Waals surface area contributed by atoms with Gasteiger partial charge in [0.1, 0.15) is 5.82 Å². The lowest BCUT2D eigenvalue weighted by Crippen LogP contribution is -2.18. The number of halogens is 1. The fraction of sp³-hybridized carbons (Fsp3) is 0.286. The van der Waals surface area contributed by atoms with Gasteiger partial charge in [-0.3, -0.25) is 0 Å². The van der Waals surface area contributed by atoms with E-state index in [1.54, 1.807) is 31.6 Å². The Bertz CT molecular complexity index is 543. The molecule has 102 valence electrons. The number of benzene rings is 1. The molecule has 0 spiro atoms. The molecule has 0 fully saturated rings. The highest BCUT2D eigenvalue weighted by atomic mass is 32.1. The third-order valence-electron chi connectivity index (χ3n) is 2.98. The second kappa shape index (κ2) is 6.04. The Morgan fingerprint density at radius 3 is 2.42 bits per heavy atom. The number of methoxy groups -OCH3 is 2. The zero-order valence-electron chi connectivity index (χ0n) is 11.1. The minimum atomic E-state index is -0.316. The van der Waals surface area contributed by atoms with E-state index in [2.05, 4.69) is 5.32 Å². The Labute approximate surface area is 116 Å². The highest BCUT2D eigenvalue weighted by molar-refractivity contribution is 7.08. The summed E-state index contributed by atoms with van der Waals surface area (Å²) in [6.07, 6.45) is 0. The Hall–Kier alpha value is -1.59. The van der Waals surface area contributed by atoms with E-state index in [0.29, 0.717) is 17.1 Å². The molecule has 0 aliphatic heterocycles. The van der Waals surface area contributed by atoms with Gasteiger partial charge in [0.2, 0.25) is 0 Å². The van der Waals surface area contributed by atoms with Crippen LogP contribution in [0.2, 0.25) is 0 Å². The second-order valence-electron chi connectivity index (χ2n) is 4.01. The van der Waals surface area contributed by atoms with Crippen LogP contribution in [0.1, 0.15) is 17.2 Å². The number of ether oxygens (including phenoxy) is 2. The summed E-state index contributed by atoms with van der Waals surface area (Å²) in [5.74, 6) is 0.599. The Morgan fingerprint density at radius 2 is 1.89 bits per heavy atom. The minimum absolute atomic E-state index is 0.203. The molecule has 1 aromatic heterocycles. The van der Waals surface area contributed by atoms with Crippen molar-refractivity contribution in [1.82, 2.24) is 5.32 Å². The van der Waals surface area contributed by atoms with E-state index in [1.807, 2.05) is 16.8 Å². The molecule has 1 N–H and O–H groups in total. The van der Waals surface area contributed by atoms with Crippen LogP contribution in [-0.4, -0.2) is 21.3 Å². The summed E-state index contributed by atoms with van der Waals surface area (Å²) in [6.45, 7) is 0. The van der Waals surface area contributed by atoms with Gasteiger partial charge in [0.05, 0.1) is 20.3 Å². The quantitative estimate of drug-likeness (QED) is 0.913. The second-order valence-corrected chi connectivity index (χ2v) is 4.79. The van der Waals surface area contributed by atoms with Crippen LogP contribution in [0.3, 0.4) is 0 Å². The van der Waals surface area contributed by atoms with Gasteiger partial charge in [0.25, 0.3) is 0 Å². The summed E-state index contributed by atoms with van der Waals surface area (Å²) in [6, 6.07) is 4.80. The first-order chi connectivity index (χ1) is 9.21. The fourth-order valence-electron chi connectivity index (χ4n) is 2.03. The number of nitrogens with one attached hydrogen (secondary N) is 1. The number of rotatable bonds is 5. The Morgan fingerprint density at radius 1 is 1.21 bits per heavy atom. The van der Waals surface area contributed by atoms with Crippen LogP contribution in [0.15, 0.2) is 29.0 Å². The van der Waals surface area contributed by atoms with E-state index in [4.69, 9.17) is 9.47 Å². The molecular weight excluding hydrogens is 265 g/mol. The number of hydrogen-bond acceptors (Lipinski definition) is 4. The Balaban J connectivity index is 2.48. The van der Waals surface area contributed by atoms with Crippen molar-refractivity contribution < 1.29 is 13.9 Å². The first-order valence-corrected chi connectivity index (χ1v) is 6.76. The third-order valence-corrected chi connectivity index (χ3v) is 3.68. The maximum Gasteiger partial charge on any atom is 0.163 e. The lowest BCUT2D eigenvalue weighted by molar-refractivity contribution is 0.351. The van der Waals surface area contributed by atoms with Crippen molar-refractivity contribution in [2.45, 2.75) is 6.04 Å². The molecule has 0 amide bonds. The highest BCUT2D eigenvalue weighted by Gasteiger charge is 2.20. The van der Waals surface area contributed by atoms with Crippen molar-refractivity contribution in [3.05, 3.63) is 45.9 Å². The molecule has 0 aliphatic rings. The molecule has 0 saturated carbocycles. The van der Waals surface area contributed by atoms with Crippen LogP contribution in [0, 0.1) is 5.82 Å². The summed E-state index contributed by atoms with van der Waals surface area (Å²) in [5.41, 5.74) is 1.57. The third kappa shape index (κ3) is 2.72. The van der Waals surface area contributed by atoms with Crippen LogP contribution in [0.25, 0.3) is 0 Å². The summed E-state index contributed by atoms with van der Waals surface area (Å²) in [4.78, 5) is 0. The molecule has 0 aliphatic carbocycles. The summed E-state index contributed by atoms with van der Waals surface area (Å²) >= 11 is 1.58. The minimum Gasteiger partial charge on any atom is -0.493 e. The largest absolute Gasteiger partial charge is 0.493 e. The molecule has 2 rings (SSSR count). The molecule has 1 unspecified atom stereocenters. The number of hydrogen-bond donors (Lipinski definition) is 1. The molecule has 1 atom stereocenters. The molecule has 3 nitrogen and oxygen atoms in total. The van der Waals surface area contributed by atoms with Gasteiger partial charge >= 0.3 is 0 Å². The smallest absolute Gasteiger partial charge is 0.163 e. The first kappa shape index (κ1) is 13.8. The molecule has 1 aromatic carbocycles. The molecule has 0 saturated heterocycles. The van der Waals surface area contributed by atoms with Crippen LogP contribution in [0.5, 0.6) is 11.5 Å². The van der Waals surface area contributed by atoms with Crippen LogP contribution >= 0.6 is 11.3 Å². The van der Waals surface area contributed by atoms with Crippen molar-refractivity contribution >= 4 is 11.3 Å². The molecular formula is C14H16FNO2S. The summed E-state index contributed by atoms with van der Waals surface area (Å²) in [7, 11) is 4.84. The first-order valence-electron chi connectivity index (χ1n) is 5.82. The van der Waals surface area contributed by atoms with Gasteiger partial charge in [-0.25, -0.2) is 4.39 Å². The maximum atomic E-state index is 14.2. The van der Waals surface area contributed by atoms with Crippen molar-refractivity contribution in [3.8, 4) is 11.5 Å². The van der Waals surface area contributed by atoms with E-state index in [0.717, 1.165) is 5.56 Å². The monoisotopic (exact) mass is 281 g/mol. The van der Waals surface area contributed by atoms with E-state index in [-0.39, 0.29) is 11.9 Å². The predicted octanol–water partition coefficient (Wildman–Crippen LogP) is 3.21. The highest BCUT2D eigenvalue weighted by Crippen LogP contribution is 2.34. The van der Waals surface area contributed by atoms with E-state index < -0.39 is 0 Å². The van der Waals surface area contributed by atoms with Crippen LogP contribution in [-0.2, 0) is 0 Å². The SMILES string of the molecule is CNC(c1ccsc1)c1cc(OC)c(OC)cc1F. The lowest BCUT2D eigenvalue weighted by Gasteiger charge is -2.18. The number of thiophene rings is 1. The average Bonchev–Trinajstić information content (AvgIpc) is 2.94. The molecule has 0 radical (unpaired) electrons. The van der Waals surface area contributed by atoms with Crippen molar-refractivity contribution in [2.24, 2.45) is 0 Å². The van der Waals surface area contributed by atoms with E-state index >= 15 is 0 Å². The van der Waals surface area contributed by atoms with E-state index in [9.17, 15) is 4.39 Å². The molecule has 19 heavy (non-hydrogen) atoms. The lowest BCUT2D eigenvalue weighted by atomic mass is 10.0. The normalized spacial score (nSPS) is 12.2. The zero-order chi connectivity index (χ0) is 13.8.